The van der Waals surface area contributed by atoms with Gasteiger partial charge in [-0.2, -0.15) is 0 Å². The summed E-state index contributed by atoms with van der Waals surface area (Å²) in [7, 11) is 0. The zero-order valence-electron chi connectivity index (χ0n) is 15.3. The van der Waals surface area contributed by atoms with Crippen molar-refractivity contribution in [1.29, 1.82) is 0 Å². The number of rotatable bonds is 2. The van der Waals surface area contributed by atoms with Crippen LogP contribution in [0.25, 0.3) is 11.1 Å². The number of aryl methyl sites for hydroxylation is 2. The van der Waals surface area contributed by atoms with Crippen molar-refractivity contribution in [3.8, 4) is 11.1 Å². The monoisotopic (exact) mass is 374 g/mol. The maximum Gasteiger partial charge on any atom is 0.143 e. The fourth-order valence-corrected chi connectivity index (χ4v) is 3.72. The summed E-state index contributed by atoms with van der Waals surface area (Å²) in [5.41, 5.74) is 7.82. The number of carbonyl (C=O) groups excluding carboxylic acids is 1. The van der Waals surface area contributed by atoms with Gasteiger partial charge >= 0.3 is 0 Å². The van der Waals surface area contributed by atoms with E-state index >= 15 is 0 Å². The molecule has 4 heteroatoms. The van der Waals surface area contributed by atoms with Crippen LogP contribution in [0.5, 0.6) is 0 Å². The van der Waals surface area contributed by atoms with Crippen molar-refractivity contribution in [2.75, 3.05) is 0 Å². The summed E-state index contributed by atoms with van der Waals surface area (Å²) in [6.45, 7) is 3.98. The molecule has 0 spiro atoms. The molecule has 0 radical (unpaired) electrons. The minimum Gasteiger partial charge on any atom is -0.299 e. The van der Waals surface area contributed by atoms with Crippen molar-refractivity contribution in [2.24, 2.45) is 4.99 Å². The molecule has 3 aromatic rings. The van der Waals surface area contributed by atoms with Crippen LogP contribution in [0.3, 0.4) is 0 Å². The van der Waals surface area contributed by atoms with E-state index in [-0.39, 0.29) is 5.78 Å². The highest BCUT2D eigenvalue weighted by molar-refractivity contribution is 6.30. The van der Waals surface area contributed by atoms with Gasteiger partial charge in [0.1, 0.15) is 5.78 Å². The van der Waals surface area contributed by atoms with Crippen molar-refractivity contribution in [3.05, 3.63) is 82.1 Å². The lowest BCUT2D eigenvalue weighted by molar-refractivity contribution is -0.117. The molecular weight excluding hydrogens is 356 g/mol. The molecule has 0 atom stereocenters. The number of pyridine rings is 1. The van der Waals surface area contributed by atoms with Gasteiger partial charge in [0.2, 0.25) is 0 Å². The highest BCUT2D eigenvalue weighted by atomic mass is 35.5. The van der Waals surface area contributed by atoms with Gasteiger partial charge in [-0.3, -0.25) is 14.8 Å². The van der Waals surface area contributed by atoms with E-state index in [0.717, 1.165) is 49.9 Å². The van der Waals surface area contributed by atoms with E-state index in [4.69, 9.17) is 16.6 Å². The molecule has 27 heavy (non-hydrogen) atoms. The van der Waals surface area contributed by atoms with Gasteiger partial charge in [0.05, 0.1) is 11.4 Å². The molecule has 4 rings (SSSR count). The molecule has 0 unspecified atom stereocenters. The van der Waals surface area contributed by atoms with E-state index in [1.807, 2.05) is 50.2 Å². The lowest BCUT2D eigenvalue weighted by Gasteiger charge is -2.10. The van der Waals surface area contributed by atoms with E-state index in [0.29, 0.717) is 12.8 Å². The number of carbonyl (C=O) groups is 1. The summed E-state index contributed by atoms with van der Waals surface area (Å²) in [5.74, 6) is 0.173. The van der Waals surface area contributed by atoms with Crippen LogP contribution in [0.4, 0.5) is 5.69 Å². The van der Waals surface area contributed by atoms with Crippen molar-refractivity contribution in [1.82, 2.24) is 4.98 Å². The van der Waals surface area contributed by atoms with Gasteiger partial charge in [-0.05, 0) is 78.1 Å². The lowest BCUT2D eigenvalue weighted by atomic mass is 9.96. The first kappa shape index (κ1) is 17.6. The molecule has 3 nitrogen and oxygen atoms in total. The number of benzene rings is 2. The van der Waals surface area contributed by atoms with Crippen LogP contribution in [0.2, 0.25) is 5.02 Å². The predicted molar refractivity (Wildman–Crippen MR) is 110 cm³/mol. The second kappa shape index (κ2) is 7.09. The number of hydrogen-bond acceptors (Lipinski definition) is 3. The van der Waals surface area contributed by atoms with Crippen LogP contribution in [0, 0.1) is 13.8 Å². The topological polar surface area (TPSA) is 42.3 Å². The maximum absolute atomic E-state index is 12.6. The molecule has 1 aliphatic rings. The first-order chi connectivity index (χ1) is 13.0. The standard InChI is InChI=1S/C23H19ClN2O/c1-14-9-19(24)4-5-21(14)16-3-6-22-18(11-16)12-20(27)13-23(26-22)17-7-8-25-15(2)10-17/h3-11H,12-13H2,1-2H3. The fourth-order valence-electron chi connectivity index (χ4n) is 3.49. The van der Waals surface area contributed by atoms with E-state index in [1.54, 1.807) is 6.20 Å². The Labute approximate surface area is 163 Å². The van der Waals surface area contributed by atoms with Gasteiger partial charge < -0.3 is 0 Å². The molecule has 0 saturated carbocycles. The van der Waals surface area contributed by atoms with E-state index in [2.05, 4.69) is 17.1 Å². The summed E-state index contributed by atoms with van der Waals surface area (Å²) >= 11 is 6.08. The number of Topliss-reactive ketones (excluding diaryl/α,β-unsaturated/α-hetero) is 1. The Bertz CT molecular complexity index is 1090. The third-order valence-corrected chi connectivity index (χ3v) is 5.05. The number of nitrogens with zero attached hydrogens (tertiary/aromatic N) is 2. The van der Waals surface area contributed by atoms with Crippen LogP contribution < -0.4 is 0 Å². The molecule has 0 saturated heterocycles. The van der Waals surface area contributed by atoms with Crippen LogP contribution in [0.1, 0.15) is 28.8 Å². The predicted octanol–water partition coefficient (Wildman–Crippen LogP) is 5.65. The largest absolute Gasteiger partial charge is 0.299 e. The van der Waals surface area contributed by atoms with Crippen LogP contribution in [-0.4, -0.2) is 16.5 Å². The molecule has 2 aromatic carbocycles. The molecule has 0 aliphatic carbocycles. The summed E-state index contributed by atoms with van der Waals surface area (Å²) in [6, 6.07) is 15.9. The third kappa shape index (κ3) is 3.69. The Hall–Kier alpha value is -2.78. The van der Waals surface area contributed by atoms with Crippen molar-refractivity contribution >= 4 is 28.8 Å². The zero-order chi connectivity index (χ0) is 19.0. The average molecular weight is 375 g/mol. The highest BCUT2D eigenvalue weighted by Gasteiger charge is 2.19. The van der Waals surface area contributed by atoms with Crippen molar-refractivity contribution in [3.63, 3.8) is 0 Å². The SMILES string of the molecule is Cc1cc(C2=Nc3ccc(-c4ccc(Cl)cc4C)cc3CC(=O)C2)ccn1. The molecule has 0 bridgehead atoms. The summed E-state index contributed by atoms with van der Waals surface area (Å²) in [5, 5.41) is 0.725. The number of hydrogen-bond donors (Lipinski definition) is 0. The van der Waals surface area contributed by atoms with Crippen LogP contribution >= 0.6 is 11.6 Å². The molecule has 0 fully saturated rings. The van der Waals surface area contributed by atoms with Gasteiger partial charge in [0.15, 0.2) is 0 Å². The Kier molecular flexibility index (Phi) is 4.63. The first-order valence-corrected chi connectivity index (χ1v) is 9.29. The second-order valence-electron chi connectivity index (χ2n) is 6.94. The average Bonchev–Trinajstić information content (AvgIpc) is 2.79. The molecule has 1 aliphatic heterocycles. The minimum atomic E-state index is 0.173. The van der Waals surface area contributed by atoms with Gasteiger partial charge in [-0.25, -0.2) is 0 Å². The molecule has 2 heterocycles. The quantitative estimate of drug-likeness (QED) is 0.581. The number of fused-ring (bicyclic) bond motifs is 1. The first-order valence-electron chi connectivity index (χ1n) is 8.91. The lowest BCUT2D eigenvalue weighted by Crippen LogP contribution is -2.09. The van der Waals surface area contributed by atoms with Crippen LogP contribution in [0.15, 0.2) is 59.7 Å². The van der Waals surface area contributed by atoms with Crippen molar-refractivity contribution in [2.45, 2.75) is 26.7 Å². The summed E-state index contributed by atoms with van der Waals surface area (Å²) < 4.78 is 0. The summed E-state index contributed by atoms with van der Waals surface area (Å²) in [6.07, 6.45) is 2.50. The molecule has 1 aromatic heterocycles. The molecule has 0 amide bonds. The zero-order valence-corrected chi connectivity index (χ0v) is 16.0. The molecule has 134 valence electrons. The van der Waals surface area contributed by atoms with E-state index in [1.165, 1.54) is 0 Å². The Morgan fingerprint density at radius 3 is 2.56 bits per heavy atom. The minimum absolute atomic E-state index is 0.173. The number of ketones is 1. The van der Waals surface area contributed by atoms with Gasteiger partial charge in [-0.15, -0.1) is 0 Å². The Morgan fingerprint density at radius 1 is 0.926 bits per heavy atom. The maximum atomic E-state index is 12.6. The van der Waals surface area contributed by atoms with Crippen molar-refractivity contribution < 1.29 is 4.79 Å². The summed E-state index contributed by atoms with van der Waals surface area (Å²) in [4.78, 5) is 21.6. The number of aromatic nitrogens is 1. The smallest absolute Gasteiger partial charge is 0.143 e. The van der Waals surface area contributed by atoms with Gasteiger partial charge in [0.25, 0.3) is 0 Å². The fraction of sp³-hybridized carbons (Fsp3) is 0.174. The Balaban J connectivity index is 1.79. The third-order valence-electron chi connectivity index (χ3n) is 4.82. The van der Waals surface area contributed by atoms with Gasteiger partial charge in [-0.1, -0.05) is 23.7 Å². The molecular formula is C23H19ClN2O. The van der Waals surface area contributed by atoms with Gasteiger partial charge in [0, 0.05) is 29.8 Å². The number of aliphatic imine (C=N–C) groups is 1. The second-order valence-corrected chi connectivity index (χ2v) is 7.38. The number of halogens is 1. The van der Waals surface area contributed by atoms with E-state index < -0.39 is 0 Å². The Morgan fingerprint density at radius 2 is 1.78 bits per heavy atom. The normalized spacial score (nSPS) is 13.7. The highest BCUT2D eigenvalue weighted by Crippen LogP contribution is 2.32. The van der Waals surface area contributed by atoms with Crippen LogP contribution in [-0.2, 0) is 11.2 Å². The molecule has 0 N–H and O–H groups in total. The van der Waals surface area contributed by atoms with E-state index in [9.17, 15) is 4.79 Å².